The van der Waals surface area contributed by atoms with Crippen LogP contribution in [-0.2, 0) is 17.9 Å². The molecule has 1 N–H and O–H groups in total. The number of carbonyl (C=O) groups excluding carboxylic acids is 1. The summed E-state index contributed by atoms with van der Waals surface area (Å²) in [6.07, 6.45) is 2.38. The maximum Gasteiger partial charge on any atom is 0.331 e. The summed E-state index contributed by atoms with van der Waals surface area (Å²) in [5, 5.41) is 3.28. The third kappa shape index (κ3) is 5.03. The smallest absolute Gasteiger partial charge is 0.331 e. The van der Waals surface area contributed by atoms with Crippen LogP contribution in [-0.4, -0.2) is 21.6 Å². The SMILES string of the molecule is CCCNC(=O)CCCCn1c(=O)c2ccccc2n(Cc2ccc(F)cc2)c1=O. The number of rotatable bonds is 9. The van der Waals surface area contributed by atoms with Crippen molar-refractivity contribution in [2.75, 3.05) is 6.54 Å². The molecule has 6 nitrogen and oxygen atoms in total. The van der Waals surface area contributed by atoms with Gasteiger partial charge in [0.1, 0.15) is 5.82 Å². The molecule has 1 heterocycles. The van der Waals surface area contributed by atoms with Crippen molar-refractivity contribution in [2.45, 2.75) is 45.7 Å². The molecule has 3 aromatic rings. The zero-order chi connectivity index (χ0) is 21.5. The number of aromatic nitrogens is 2. The van der Waals surface area contributed by atoms with Gasteiger partial charge in [-0.25, -0.2) is 9.18 Å². The molecule has 0 saturated heterocycles. The fourth-order valence-corrected chi connectivity index (χ4v) is 3.40. The summed E-state index contributed by atoms with van der Waals surface area (Å²) < 4.78 is 16.0. The second-order valence-corrected chi connectivity index (χ2v) is 7.28. The van der Waals surface area contributed by atoms with Gasteiger partial charge in [0.2, 0.25) is 5.91 Å². The highest BCUT2D eigenvalue weighted by Gasteiger charge is 2.13. The van der Waals surface area contributed by atoms with Crippen molar-refractivity contribution in [1.29, 1.82) is 0 Å². The highest BCUT2D eigenvalue weighted by molar-refractivity contribution is 5.78. The first kappa shape index (κ1) is 21.5. The molecule has 3 rings (SSSR count). The maximum absolute atomic E-state index is 13.2. The van der Waals surface area contributed by atoms with Crippen LogP contribution in [0.4, 0.5) is 4.39 Å². The predicted molar refractivity (Wildman–Crippen MR) is 115 cm³/mol. The van der Waals surface area contributed by atoms with Crippen LogP contribution in [0.25, 0.3) is 10.9 Å². The normalized spacial score (nSPS) is 11.0. The summed E-state index contributed by atoms with van der Waals surface area (Å²) in [5.74, 6) is -0.361. The summed E-state index contributed by atoms with van der Waals surface area (Å²) in [5.41, 5.74) is 0.577. The van der Waals surface area contributed by atoms with Crippen LogP contribution >= 0.6 is 0 Å². The molecule has 0 atom stereocenters. The minimum Gasteiger partial charge on any atom is -0.356 e. The van der Waals surface area contributed by atoms with Crippen molar-refractivity contribution in [3.8, 4) is 0 Å². The lowest BCUT2D eigenvalue weighted by molar-refractivity contribution is -0.121. The summed E-state index contributed by atoms with van der Waals surface area (Å²) in [4.78, 5) is 37.7. The molecule has 0 spiro atoms. The van der Waals surface area contributed by atoms with Gasteiger partial charge in [-0.15, -0.1) is 0 Å². The van der Waals surface area contributed by atoms with Gasteiger partial charge >= 0.3 is 5.69 Å². The molecule has 1 amide bonds. The van der Waals surface area contributed by atoms with E-state index < -0.39 is 5.69 Å². The summed E-state index contributed by atoms with van der Waals surface area (Å²) >= 11 is 0. The number of halogens is 1. The molecule has 0 aliphatic carbocycles. The summed E-state index contributed by atoms with van der Waals surface area (Å²) in [6.45, 7) is 3.12. The van der Waals surface area contributed by atoms with Gasteiger partial charge in [0.25, 0.3) is 5.56 Å². The van der Waals surface area contributed by atoms with Gasteiger partial charge in [0.05, 0.1) is 17.4 Å². The van der Waals surface area contributed by atoms with E-state index in [0.29, 0.717) is 36.7 Å². The molecule has 0 aliphatic rings. The molecule has 0 aliphatic heterocycles. The standard InChI is InChI=1S/C23H26FN3O3/c1-2-14-25-21(28)9-5-6-15-26-22(29)19-7-3-4-8-20(19)27(23(26)30)16-17-10-12-18(24)13-11-17/h3-4,7-8,10-13H,2,5-6,9,14-16H2,1H3,(H,25,28). The van der Waals surface area contributed by atoms with Crippen LogP contribution in [0.5, 0.6) is 0 Å². The summed E-state index contributed by atoms with van der Waals surface area (Å²) in [6, 6.07) is 12.9. The Bertz CT molecular complexity index is 1130. The zero-order valence-electron chi connectivity index (χ0n) is 17.1. The molecule has 0 radical (unpaired) electrons. The Balaban J connectivity index is 1.86. The number of carbonyl (C=O) groups is 1. The quantitative estimate of drug-likeness (QED) is 0.550. The minimum atomic E-state index is -0.404. The topological polar surface area (TPSA) is 73.1 Å². The van der Waals surface area contributed by atoms with Gasteiger partial charge in [-0.2, -0.15) is 0 Å². The van der Waals surface area contributed by atoms with Gasteiger partial charge < -0.3 is 5.32 Å². The number of unbranched alkanes of at least 4 members (excludes halogenated alkanes) is 1. The fourth-order valence-electron chi connectivity index (χ4n) is 3.40. The van der Waals surface area contributed by atoms with Gasteiger partial charge in [0, 0.05) is 19.5 Å². The highest BCUT2D eigenvalue weighted by atomic mass is 19.1. The molecule has 7 heteroatoms. The van der Waals surface area contributed by atoms with Crippen LogP contribution < -0.4 is 16.6 Å². The number of fused-ring (bicyclic) bond motifs is 1. The van der Waals surface area contributed by atoms with Crippen molar-refractivity contribution < 1.29 is 9.18 Å². The number of para-hydroxylation sites is 1. The number of amides is 1. The van der Waals surface area contributed by atoms with E-state index in [1.54, 1.807) is 36.4 Å². The van der Waals surface area contributed by atoms with Gasteiger partial charge in [-0.05, 0) is 49.1 Å². The Morgan fingerprint density at radius 2 is 1.73 bits per heavy atom. The van der Waals surface area contributed by atoms with Crippen LogP contribution in [0.2, 0.25) is 0 Å². The molecule has 0 fully saturated rings. The van der Waals surface area contributed by atoms with E-state index in [1.807, 2.05) is 6.92 Å². The Kier molecular flexibility index (Phi) is 7.17. The predicted octanol–water partition coefficient (Wildman–Crippen LogP) is 3.05. The molecular weight excluding hydrogens is 385 g/mol. The molecule has 0 saturated carbocycles. The third-order valence-electron chi connectivity index (χ3n) is 4.99. The fraction of sp³-hybridized carbons (Fsp3) is 0.348. The summed E-state index contributed by atoms with van der Waals surface area (Å²) in [7, 11) is 0. The third-order valence-corrected chi connectivity index (χ3v) is 4.99. The van der Waals surface area contributed by atoms with E-state index in [-0.39, 0.29) is 30.4 Å². The molecule has 30 heavy (non-hydrogen) atoms. The number of nitrogens with zero attached hydrogens (tertiary/aromatic N) is 2. The van der Waals surface area contributed by atoms with Crippen molar-refractivity contribution in [3.05, 3.63) is 80.7 Å². The van der Waals surface area contributed by atoms with E-state index in [9.17, 15) is 18.8 Å². The van der Waals surface area contributed by atoms with Crippen molar-refractivity contribution in [1.82, 2.24) is 14.5 Å². The van der Waals surface area contributed by atoms with Crippen molar-refractivity contribution >= 4 is 16.8 Å². The van der Waals surface area contributed by atoms with Crippen LogP contribution in [0, 0.1) is 5.82 Å². The largest absolute Gasteiger partial charge is 0.356 e. The van der Waals surface area contributed by atoms with E-state index in [1.165, 1.54) is 21.3 Å². The maximum atomic E-state index is 13.2. The van der Waals surface area contributed by atoms with Crippen LogP contribution in [0.15, 0.2) is 58.1 Å². The molecule has 0 bridgehead atoms. The molecule has 2 aromatic carbocycles. The first-order valence-electron chi connectivity index (χ1n) is 10.2. The van der Waals surface area contributed by atoms with E-state index in [0.717, 1.165) is 12.0 Å². The van der Waals surface area contributed by atoms with E-state index >= 15 is 0 Å². The van der Waals surface area contributed by atoms with Crippen LogP contribution in [0.1, 0.15) is 38.2 Å². The molecule has 158 valence electrons. The minimum absolute atomic E-state index is 0.0172. The Morgan fingerprint density at radius 3 is 2.47 bits per heavy atom. The van der Waals surface area contributed by atoms with Crippen molar-refractivity contribution in [3.63, 3.8) is 0 Å². The molecule has 1 aromatic heterocycles. The van der Waals surface area contributed by atoms with Gasteiger partial charge in [-0.3, -0.25) is 18.7 Å². The monoisotopic (exact) mass is 411 g/mol. The lowest BCUT2D eigenvalue weighted by Crippen LogP contribution is -2.40. The average Bonchev–Trinajstić information content (AvgIpc) is 2.76. The van der Waals surface area contributed by atoms with Crippen molar-refractivity contribution in [2.24, 2.45) is 0 Å². The number of hydrogen-bond acceptors (Lipinski definition) is 3. The first-order valence-corrected chi connectivity index (χ1v) is 10.2. The zero-order valence-corrected chi connectivity index (χ0v) is 17.1. The van der Waals surface area contributed by atoms with Gasteiger partial charge in [0.15, 0.2) is 0 Å². The lowest BCUT2D eigenvalue weighted by atomic mass is 10.2. The van der Waals surface area contributed by atoms with E-state index in [4.69, 9.17) is 0 Å². The Hall–Kier alpha value is -3.22. The Labute approximate surface area is 174 Å². The van der Waals surface area contributed by atoms with Gasteiger partial charge in [-0.1, -0.05) is 31.2 Å². The number of hydrogen-bond donors (Lipinski definition) is 1. The average molecular weight is 411 g/mol. The number of nitrogens with one attached hydrogen (secondary N) is 1. The van der Waals surface area contributed by atoms with E-state index in [2.05, 4.69) is 5.32 Å². The highest BCUT2D eigenvalue weighted by Crippen LogP contribution is 2.11. The second kappa shape index (κ2) is 10.0. The first-order chi connectivity index (χ1) is 14.5. The molecular formula is C23H26FN3O3. The second-order valence-electron chi connectivity index (χ2n) is 7.28. The van der Waals surface area contributed by atoms with Crippen LogP contribution in [0.3, 0.4) is 0 Å². The molecule has 0 unspecified atom stereocenters. The Morgan fingerprint density at radius 1 is 1.00 bits per heavy atom. The number of benzene rings is 2. The lowest BCUT2D eigenvalue weighted by Gasteiger charge is -2.14.